The van der Waals surface area contributed by atoms with Crippen molar-refractivity contribution >= 4 is 17.3 Å². The number of likely N-dealkylation sites (N-methyl/N-ethyl adjacent to an activating group) is 1. The zero-order valence-corrected chi connectivity index (χ0v) is 14.5. The molecular weight excluding hydrogens is 314 g/mol. The van der Waals surface area contributed by atoms with Gasteiger partial charge in [-0.25, -0.2) is 5.01 Å². The van der Waals surface area contributed by atoms with E-state index in [2.05, 4.69) is 12.5 Å². The van der Waals surface area contributed by atoms with Gasteiger partial charge in [-0.3, -0.25) is 20.3 Å². The number of rotatable bonds is 5. The number of quaternary nitrogens is 1. The number of methoxy groups -OCH3 is 1. The zero-order valence-electron chi connectivity index (χ0n) is 14.5. The van der Waals surface area contributed by atoms with E-state index in [4.69, 9.17) is 4.74 Å². The second-order valence-corrected chi connectivity index (χ2v) is 6.08. The van der Waals surface area contributed by atoms with Crippen LogP contribution < -0.4 is 20.0 Å². The maximum atomic E-state index is 12.6. The molecule has 0 atom stereocenters. The highest BCUT2D eigenvalue weighted by atomic mass is 16.6. The van der Waals surface area contributed by atoms with Gasteiger partial charge in [-0.05, 0) is 0 Å². The molecule has 1 amide bonds. The van der Waals surface area contributed by atoms with Gasteiger partial charge in [0, 0.05) is 26.2 Å². The Balaban J connectivity index is 2.29. The Morgan fingerprint density at radius 3 is 2.50 bits per heavy atom. The predicted octanol–water partition coefficient (Wildman–Crippen LogP) is -0.855. The van der Waals surface area contributed by atoms with Gasteiger partial charge in [0.05, 0.1) is 50.8 Å². The molecule has 1 saturated heterocycles. The third kappa shape index (κ3) is 3.92. The highest BCUT2D eigenvalue weighted by molar-refractivity contribution is 5.98. The summed E-state index contributed by atoms with van der Waals surface area (Å²) < 4.78 is 5.27. The van der Waals surface area contributed by atoms with Crippen molar-refractivity contribution in [2.75, 3.05) is 59.3 Å². The summed E-state index contributed by atoms with van der Waals surface area (Å²) in [6.07, 6.45) is 0. The first-order valence-electron chi connectivity index (χ1n) is 7.74. The maximum Gasteiger partial charge on any atom is 0.293 e. The Morgan fingerprint density at radius 2 is 2.00 bits per heavy atom. The average Bonchev–Trinajstić information content (AvgIpc) is 2.55. The van der Waals surface area contributed by atoms with Crippen LogP contribution in [-0.4, -0.2) is 70.3 Å². The van der Waals surface area contributed by atoms with Gasteiger partial charge < -0.3 is 14.5 Å². The number of benzene rings is 1. The van der Waals surface area contributed by atoms with E-state index < -0.39 is 10.8 Å². The van der Waals surface area contributed by atoms with E-state index in [0.717, 1.165) is 26.2 Å². The van der Waals surface area contributed by atoms with Crippen LogP contribution in [0.4, 0.5) is 11.4 Å². The third-order valence-corrected chi connectivity index (χ3v) is 4.10. The third-order valence-electron chi connectivity index (χ3n) is 4.10. The molecule has 0 aliphatic carbocycles. The summed E-state index contributed by atoms with van der Waals surface area (Å²) in [4.78, 5) is 26.4. The fourth-order valence-electron chi connectivity index (χ4n) is 2.61. The van der Waals surface area contributed by atoms with Crippen molar-refractivity contribution in [2.24, 2.45) is 0 Å². The smallest absolute Gasteiger partial charge is 0.293 e. The van der Waals surface area contributed by atoms with Crippen molar-refractivity contribution < 1.29 is 19.4 Å². The highest BCUT2D eigenvalue weighted by Crippen LogP contribution is 2.34. The van der Waals surface area contributed by atoms with Gasteiger partial charge in [0.15, 0.2) is 0 Å². The number of nitrogens with zero attached hydrogens (tertiary/aromatic N) is 3. The Morgan fingerprint density at radius 1 is 1.38 bits per heavy atom. The lowest BCUT2D eigenvalue weighted by Crippen LogP contribution is -3.12. The lowest BCUT2D eigenvalue weighted by molar-refractivity contribution is -0.884. The van der Waals surface area contributed by atoms with E-state index in [0.29, 0.717) is 11.4 Å². The molecule has 0 spiro atoms. The first-order valence-corrected chi connectivity index (χ1v) is 7.74. The summed E-state index contributed by atoms with van der Waals surface area (Å²) >= 11 is 0. The first kappa shape index (κ1) is 18.0. The van der Waals surface area contributed by atoms with Crippen LogP contribution in [0.5, 0.6) is 5.75 Å². The zero-order chi connectivity index (χ0) is 17.9. The minimum absolute atomic E-state index is 0.131. The molecule has 1 aromatic carbocycles. The van der Waals surface area contributed by atoms with Crippen molar-refractivity contribution in [3.63, 3.8) is 0 Å². The maximum absolute atomic E-state index is 12.6. The van der Waals surface area contributed by atoms with Crippen LogP contribution in [0.15, 0.2) is 12.1 Å². The van der Waals surface area contributed by atoms with E-state index in [9.17, 15) is 14.9 Å². The number of anilines is 1. The lowest BCUT2D eigenvalue weighted by atomic mass is 10.1. The molecule has 1 heterocycles. The van der Waals surface area contributed by atoms with Gasteiger partial charge >= 0.3 is 0 Å². The Bertz CT molecular complexity index is 627. The summed E-state index contributed by atoms with van der Waals surface area (Å²) in [5.74, 6) is -0.0960. The topological polar surface area (TPSA) is 92.4 Å². The molecule has 2 rings (SSSR count). The number of amides is 1. The van der Waals surface area contributed by atoms with E-state index in [1.165, 1.54) is 24.1 Å². The van der Waals surface area contributed by atoms with Gasteiger partial charge in [-0.1, -0.05) is 0 Å². The molecule has 0 radical (unpaired) electrons. The van der Waals surface area contributed by atoms with E-state index >= 15 is 0 Å². The number of hydrazine groups is 1. The molecule has 9 heteroatoms. The summed E-state index contributed by atoms with van der Waals surface area (Å²) in [5, 5.41) is 13.2. The van der Waals surface area contributed by atoms with Crippen LogP contribution in [-0.2, 0) is 0 Å². The van der Waals surface area contributed by atoms with Crippen LogP contribution in [0.1, 0.15) is 10.4 Å². The summed E-state index contributed by atoms with van der Waals surface area (Å²) in [7, 11) is 6.95. The number of hydrogen-bond donors (Lipinski definition) is 2. The first-order chi connectivity index (χ1) is 11.3. The standard InChI is InChI=1S/C15H23N5O4/c1-17(2)12-10-14(24-4)11(9-13(12)20(22)23)15(21)16-19-7-5-18(3)6-8-19/h9-10H,5-8H2,1-4H3,(H,16,21)/p+1. The summed E-state index contributed by atoms with van der Waals surface area (Å²) in [5.41, 5.74) is 3.22. The molecule has 24 heavy (non-hydrogen) atoms. The number of hydrogen-bond acceptors (Lipinski definition) is 6. The fraction of sp³-hybridized carbons (Fsp3) is 0.533. The number of carbonyl (C=O) groups excluding carboxylic acids is 1. The molecule has 132 valence electrons. The minimum Gasteiger partial charge on any atom is -0.496 e. The molecule has 0 unspecified atom stereocenters. The molecule has 0 aromatic heterocycles. The molecule has 1 aliphatic rings. The molecule has 1 aromatic rings. The quantitative estimate of drug-likeness (QED) is 0.536. The van der Waals surface area contributed by atoms with Crippen LogP contribution >= 0.6 is 0 Å². The van der Waals surface area contributed by atoms with Gasteiger partial charge in [-0.2, -0.15) is 0 Å². The van der Waals surface area contributed by atoms with Crippen LogP contribution in [0.25, 0.3) is 0 Å². The second-order valence-electron chi connectivity index (χ2n) is 6.08. The molecule has 0 saturated carbocycles. The largest absolute Gasteiger partial charge is 0.496 e. The number of piperazine rings is 1. The number of nitro groups is 1. The molecule has 9 nitrogen and oxygen atoms in total. The number of nitro benzene ring substituents is 1. The van der Waals surface area contributed by atoms with Gasteiger partial charge in [0.25, 0.3) is 11.6 Å². The molecular formula is C15H24N5O4+. The molecule has 1 aliphatic heterocycles. The number of carbonyl (C=O) groups is 1. The second kappa shape index (κ2) is 7.45. The van der Waals surface area contributed by atoms with Crippen LogP contribution in [0.2, 0.25) is 0 Å². The molecule has 0 bridgehead atoms. The minimum atomic E-state index is -0.495. The van der Waals surface area contributed by atoms with Gasteiger partial charge in [0.2, 0.25) is 0 Å². The number of nitrogens with one attached hydrogen (secondary N) is 2. The highest BCUT2D eigenvalue weighted by Gasteiger charge is 2.25. The lowest BCUT2D eigenvalue weighted by Gasteiger charge is -2.30. The summed E-state index contributed by atoms with van der Waals surface area (Å²) in [6.45, 7) is 3.32. The normalized spacial score (nSPS) is 15.8. The van der Waals surface area contributed by atoms with Gasteiger partial charge in [0.1, 0.15) is 11.4 Å². The molecule has 1 fully saturated rings. The Labute approximate surface area is 140 Å². The Hall–Kier alpha value is -2.39. The van der Waals surface area contributed by atoms with Crippen molar-refractivity contribution in [3.8, 4) is 5.75 Å². The van der Waals surface area contributed by atoms with E-state index in [1.54, 1.807) is 19.0 Å². The van der Waals surface area contributed by atoms with Crippen molar-refractivity contribution in [1.29, 1.82) is 0 Å². The Kier molecular flexibility index (Phi) is 5.58. The van der Waals surface area contributed by atoms with Gasteiger partial charge in [-0.15, -0.1) is 0 Å². The van der Waals surface area contributed by atoms with E-state index in [-0.39, 0.29) is 11.3 Å². The van der Waals surface area contributed by atoms with Crippen LogP contribution in [0, 0.1) is 10.1 Å². The summed E-state index contributed by atoms with van der Waals surface area (Å²) in [6, 6.07) is 2.78. The van der Waals surface area contributed by atoms with Crippen molar-refractivity contribution in [1.82, 2.24) is 10.4 Å². The SMILES string of the molecule is COc1cc(N(C)C)c([N+](=O)[O-])cc1C(=O)NN1CC[NH+](C)CC1. The van der Waals surface area contributed by atoms with Crippen molar-refractivity contribution in [2.45, 2.75) is 0 Å². The molecule has 2 N–H and O–H groups in total. The van der Waals surface area contributed by atoms with Crippen LogP contribution in [0.3, 0.4) is 0 Å². The fourth-order valence-corrected chi connectivity index (χ4v) is 2.61. The average molecular weight is 338 g/mol. The predicted molar refractivity (Wildman–Crippen MR) is 89.6 cm³/mol. The monoisotopic (exact) mass is 338 g/mol. The number of ether oxygens (including phenoxy) is 1. The van der Waals surface area contributed by atoms with Crippen molar-refractivity contribution in [3.05, 3.63) is 27.8 Å². The van der Waals surface area contributed by atoms with E-state index in [1.807, 2.05) is 5.01 Å².